The number of benzene rings is 1. The van der Waals surface area contributed by atoms with Crippen LogP contribution in [0, 0.1) is 17.5 Å². The first-order chi connectivity index (χ1) is 12.0. The van der Waals surface area contributed by atoms with Gasteiger partial charge in [-0.05, 0) is 31.3 Å². The van der Waals surface area contributed by atoms with Crippen LogP contribution in [0.4, 0.5) is 15.2 Å². The molecule has 7 nitrogen and oxygen atoms in total. The van der Waals surface area contributed by atoms with Crippen molar-refractivity contribution in [2.45, 2.75) is 13.8 Å². The predicted octanol–water partition coefficient (Wildman–Crippen LogP) is 3.41. The van der Waals surface area contributed by atoms with Crippen LogP contribution in [0.3, 0.4) is 0 Å². The summed E-state index contributed by atoms with van der Waals surface area (Å²) in [5.41, 5.74) is 0.672. The van der Waals surface area contributed by atoms with Crippen molar-refractivity contribution in [2.24, 2.45) is 5.10 Å². The summed E-state index contributed by atoms with van der Waals surface area (Å²) in [7, 11) is 0. The molecule has 0 atom stereocenters. The SMILES string of the molecule is CC(=O)N(c1nc(/C=N\n2c(C)n[nH]c2=S)cs1)c1ccccc1F. The molecular weight excluding hydrogens is 363 g/mol. The third-order valence-electron chi connectivity index (χ3n) is 3.23. The third-order valence-corrected chi connectivity index (χ3v) is 4.34. The molecule has 0 aliphatic carbocycles. The number of aryl methyl sites for hydroxylation is 1. The summed E-state index contributed by atoms with van der Waals surface area (Å²) < 4.78 is 15.9. The maximum absolute atomic E-state index is 14.0. The number of para-hydroxylation sites is 1. The van der Waals surface area contributed by atoms with Crippen molar-refractivity contribution in [3.63, 3.8) is 0 Å². The number of aromatic nitrogens is 4. The van der Waals surface area contributed by atoms with Crippen LogP contribution < -0.4 is 4.90 Å². The highest BCUT2D eigenvalue weighted by Crippen LogP contribution is 2.30. The summed E-state index contributed by atoms with van der Waals surface area (Å²) in [6.07, 6.45) is 1.50. The second-order valence-electron chi connectivity index (χ2n) is 4.99. The highest BCUT2D eigenvalue weighted by molar-refractivity contribution is 7.71. The molecule has 0 unspecified atom stereocenters. The largest absolute Gasteiger partial charge is 0.274 e. The number of nitrogens with zero attached hydrogens (tertiary/aromatic N) is 5. The highest BCUT2D eigenvalue weighted by atomic mass is 32.1. The number of nitrogens with one attached hydrogen (secondary N) is 1. The van der Waals surface area contributed by atoms with Crippen LogP contribution in [0.15, 0.2) is 34.7 Å². The molecule has 0 spiro atoms. The lowest BCUT2D eigenvalue weighted by Gasteiger charge is -2.18. The summed E-state index contributed by atoms with van der Waals surface area (Å²) in [6, 6.07) is 6.05. The van der Waals surface area contributed by atoms with Crippen LogP contribution in [-0.2, 0) is 4.79 Å². The van der Waals surface area contributed by atoms with Gasteiger partial charge in [0.2, 0.25) is 10.7 Å². The quantitative estimate of drug-likeness (QED) is 0.559. The van der Waals surface area contributed by atoms with Crippen molar-refractivity contribution in [3.05, 3.63) is 51.8 Å². The molecule has 128 valence electrons. The van der Waals surface area contributed by atoms with E-state index in [1.54, 1.807) is 24.4 Å². The van der Waals surface area contributed by atoms with E-state index in [9.17, 15) is 9.18 Å². The van der Waals surface area contributed by atoms with Crippen molar-refractivity contribution in [1.82, 2.24) is 19.9 Å². The molecule has 25 heavy (non-hydrogen) atoms. The Morgan fingerprint density at radius 2 is 2.24 bits per heavy atom. The Hall–Kier alpha value is -2.72. The molecule has 1 N–H and O–H groups in total. The predicted molar refractivity (Wildman–Crippen MR) is 96.5 cm³/mol. The zero-order chi connectivity index (χ0) is 18.0. The van der Waals surface area contributed by atoms with Crippen LogP contribution in [-0.4, -0.2) is 32.0 Å². The molecule has 0 fully saturated rings. The minimum Gasteiger partial charge on any atom is -0.274 e. The van der Waals surface area contributed by atoms with E-state index in [0.717, 1.165) is 0 Å². The minimum absolute atomic E-state index is 0.153. The van der Waals surface area contributed by atoms with Crippen LogP contribution in [0.5, 0.6) is 0 Å². The number of thiazole rings is 1. The molecule has 0 bridgehead atoms. The lowest BCUT2D eigenvalue weighted by atomic mass is 10.3. The summed E-state index contributed by atoms with van der Waals surface area (Å²) in [6.45, 7) is 3.11. The van der Waals surface area contributed by atoms with Gasteiger partial charge in [0.15, 0.2) is 5.13 Å². The lowest BCUT2D eigenvalue weighted by molar-refractivity contribution is -0.115. The molecule has 0 aliphatic rings. The molecule has 0 saturated carbocycles. The van der Waals surface area contributed by atoms with Gasteiger partial charge in [0.1, 0.15) is 11.6 Å². The van der Waals surface area contributed by atoms with Gasteiger partial charge < -0.3 is 0 Å². The number of carbonyl (C=O) groups is 1. The summed E-state index contributed by atoms with van der Waals surface area (Å²) in [5.74, 6) is -0.229. The number of amides is 1. The number of aromatic amines is 1. The number of rotatable bonds is 4. The van der Waals surface area contributed by atoms with Gasteiger partial charge in [-0.2, -0.15) is 14.9 Å². The molecule has 0 saturated heterocycles. The standard InChI is InChI=1S/C15H13FN6OS2/c1-9-19-20-14(24)22(9)17-7-11-8-25-15(18-11)21(10(2)23)13-6-4-3-5-12(13)16/h3-8H,1-2H3,(H,20,24)/b17-7-. The molecular formula is C15H13FN6OS2. The Kier molecular flexibility index (Phi) is 4.81. The average Bonchev–Trinajstić information content (AvgIpc) is 3.15. The number of hydrogen-bond donors (Lipinski definition) is 1. The summed E-state index contributed by atoms with van der Waals surface area (Å²) in [5, 5.41) is 12.9. The van der Waals surface area contributed by atoms with Crippen molar-refractivity contribution >= 4 is 46.5 Å². The first-order valence-corrected chi connectivity index (χ1v) is 8.45. The molecule has 1 aromatic carbocycles. The van der Waals surface area contributed by atoms with E-state index in [2.05, 4.69) is 20.3 Å². The first kappa shape index (κ1) is 17.1. The second kappa shape index (κ2) is 7.03. The number of anilines is 2. The molecule has 2 heterocycles. The van der Waals surface area contributed by atoms with Crippen LogP contribution in [0.25, 0.3) is 0 Å². The molecule has 10 heteroatoms. The van der Waals surface area contributed by atoms with E-state index in [1.165, 1.54) is 46.2 Å². The second-order valence-corrected chi connectivity index (χ2v) is 6.22. The first-order valence-electron chi connectivity index (χ1n) is 7.16. The lowest BCUT2D eigenvalue weighted by Crippen LogP contribution is -2.23. The molecule has 0 aliphatic heterocycles. The van der Waals surface area contributed by atoms with Gasteiger partial charge in [0, 0.05) is 12.3 Å². The van der Waals surface area contributed by atoms with Crippen molar-refractivity contribution in [2.75, 3.05) is 4.90 Å². The number of hydrogen-bond acceptors (Lipinski definition) is 6. The van der Waals surface area contributed by atoms with Crippen LogP contribution in [0.2, 0.25) is 0 Å². The van der Waals surface area contributed by atoms with Gasteiger partial charge >= 0.3 is 0 Å². The fourth-order valence-electron chi connectivity index (χ4n) is 2.10. The van der Waals surface area contributed by atoms with Crippen LogP contribution in [0.1, 0.15) is 18.4 Å². The zero-order valence-corrected chi connectivity index (χ0v) is 14.9. The van der Waals surface area contributed by atoms with Gasteiger partial charge in [0.05, 0.1) is 17.6 Å². The van der Waals surface area contributed by atoms with E-state index >= 15 is 0 Å². The Bertz CT molecular complexity index is 1010. The minimum atomic E-state index is -0.497. The average molecular weight is 376 g/mol. The molecule has 0 radical (unpaired) electrons. The van der Waals surface area contributed by atoms with Gasteiger partial charge in [0.25, 0.3) is 0 Å². The number of carbonyl (C=O) groups excluding carboxylic acids is 1. The molecule has 1 amide bonds. The van der Waals surface area contributed by atoms with Crippen molar-refractivity contribution in [3.8, 4) is 0 Å². The monoisotopic (exact) mass is 376 g/mol. The van der Waals surface area contributed by atoms with Crippen LogP contribution >= 0.6 is 23.6 Å². The fraction of sp³-hybridized carbons (Fsp3) is 0.133. The van der Waals surface area contributed by atoms with Crippen molar-refractivity contribution < 1.29 is 9.18 Å². The Morgan fingerprint density at radius 3 is 2.88 bits per heavy atom. The molecule has 3 aromatic rings. The fourth-order valence-corrected chi connectivity index (χ4v) is 3.16. The summed E-state index contributed by atoms with van der Waals surface area (Å²) in [4.78, 5) is 17.6. The third kappa shape index (κ3) is 3.54. The van der Waals surface area contributed by atoms with E-state index in [-0.39, 0.29) is 11.6 Å². The normalized spacial score (nSPS) is 11.2. The maximum atomic E-state index is 14.0. The summed E-state index contributed by atoms with van der Waals surface area (Å²) >= 11 is 6.28. The Labute approximate surface area is 151 Å². The van der Waals surface area contributed by atoms with Crippen molar-refractivity contribution in [1.29, 1.82) is 0 Å². The van der Waals surface area contributed by atoms with E-state index in [4.69, 9.17) is 12.2 Å². The number of halogens is 1. The van der Waals surface area contributed by atoms with Gasteiger partial charge in [-0.15, -0.1) is 11.3 Å². The maximum Gasteiger partial charge on any atom is 0.230 e. The van der Waals surface area contributed by atoms with E-state index in [0.29, 0.717) is 21.4 Å². The highest BCUT2D eigenvalue weighted by Gasteiger charge is 2.20. The van der Waals surface area contributed by atoms with Gasteiger partial charge in [-0.25, -0.2) is 9.37 Å². The number of H-pyrrole nitrogens is 1. The molecule has 3 rings (SSSR count). The molecule has 2 aromatic heterocycles. The topological polar surface area (TPSA) is 79.2 Å². The smallest absolute Gasteiger partial charge is 0.230 e. The zero-order valence-electron chi connectivity index (χ0n) is 13.3. The van der Waals surface area contributed by atoms with E-state index < -0.39 is 5.82 Å². The Balaban J connectivity index is 1.93. The van der Waals surface area contributed by atoms with Gasteiger partial charge in [-0.1, -0.05) is 12.1 Å². The van der Waals surface area contributed by atoms with E-state index in [1.807, 2.05) is 0 Å². The van der Waals surface area contributed by atoms with Gasteiger partial charge in [-0.3, -0.25) is 14.8 Å². The Morgan fingerprint density at radius 1 is 1.48 bits per heavy atom.